The molecule has 0 spiro atoms. The Morgan fingerprint density at radius 3 is 2.32 bits per heavy atom. The first kappa shape index (κ1) is 18.3. The van der Waals surface area contributed by atoms with Crippen LogP contribution in [0.5, 0.6) is 11.5 Å². The maximum Gasteiger partial charge on any atom is 0.339 e. The number of hydrogen-bond acceptors (Lipinski definition) is 5. The molecule has 2 aromatic rings. The number of ether oxygens (including phenoxy) is 3. The Bertz CT molecular complexity index is 730. The van der Waals surface area contributed by atoms with Crippen molar-refractivity contribution >= 4 is 11.9 Å². The van der Waals surface area contributed by atoms with Crippen molar-refractivity contribution in [2.75, 3.05) is 14.2 Å². The minimum atomic E-state index is -0.913. The number of amides is 1. The highest BCUT2D eigenvalue weighted by Crippen LogP contribution is 2.27. The maximum atomic E-state index is 12.2. The summed E-state index contributed by atoms with van der Waals surface area (Å²) in [5.74, 6) is -0.0492. The highest BCUT2D eigenvalue weighted by Gasteiger charge is 2.19. The van der Waals surface area contributed by atoms with Gasteiger partial charge in [-0.3, -0.25) is 4.79 Å². The summed E-state index contributed by atoms with van der Waals surface area (Å²) in [6.07, 6.45) is -0.913. The second-order valence-corrected chi connectivity index (χ2v) is 5.32. The molecule has 0 saturated carbocycles. The third kappa shape index (κ3) is 4.97. The minimum absolute atomic E-state index is 0.278. The SMILES string of the molecule is COc1ccc(C(=O)O[C@H](C)C(=O)NCc2ccccc2)cc1OC. The monoisotopic (exact) mass is 343 g/mol. The van der Waals surface area contributed by atoms with Crippen LogP contribution in [0.3, 0.4) is 0 Å². The predicted molar refractivity (Wildman–Crippen MR) is 92.7 cm³/mol. The fraction of sp³-hybridized carbons (Fsp3) is 0.263. The average Bonchev–Trinajstić information content (AvgIpc) is 2.66. The van der Waals surface area contributed by atoms with Crippen LogP contribution in [0.15, 0.2) is 48.5 Å². The second kappa shape index (κ2) is 8.73. The van der Waals surface area contributed by atoms with E-state index in [0.717, 1.165) is 5.56 Å². The third-order valence-corrected chi connectivity index (χ3v) is 3.58. The molecular weight excluding hydrogens is 322 g/mol. The number of esters is 1. The van der Waals surface area contributed by atoms with Gasteiger partial charge in [-0.25, -0.2) is 4.79 Å². The van der Waals surface area contributed by atoms with Crippen LogP contribution in [0.4, 0.5) is 0 Å². The van der Waals surface area contributed by atoms with Crippen LogP contribution in [-0.4, -0.2) is 32.2 Å². The largest absolute Gasteiger partial charge is 0.493 e. The lowest BCUT2D eigenvalue weighted by Crippen LogP contribution is -2.35. The number of nitrogens with one attached hydrogen (secondary N) is 1. The number of hydrogen-bond donors (Lipinski definition) is 1. The van der Waals surface area contributed by atoms with Crippen LogP contribution in [-0.2, 0) is 16.1 Å². The quantitative estimate of drug-likeness (QED) is 0.782. The van der Waals surface area contributed by atoms with Gasteiger partial charge in [0, 0.05) is 6.54 Å². The smallest absolute Gasteiger partial charge is 0.339 e. The van der Waals surface area contributed by atoms with E-state index in [0.29, 0.717) is 18.0 Å². The van der Waals surface area contributed by atoms with Crippen LogP contribution in [0.1, 0.15) is 22.8 Å². The van der Waals surface area contributed by atoms with Gasteiger partial charge in [-0.05, 0) is 30.7 Å². The standard InChI is InChI=1S/C19H21NO5/c1-13(18(21)20-12-14-7-5-4-6-8-14)25-19(22)15-9-10-16(23-2)17(11-15)24-3/h4-11,13H,12H2,1-3H3,(H,20,21)/t13-/m1/s1. The topological polar surface area (TPSA) is 73.9 Å². The van der Waals surface area contributed by atoms with Gasteiger partial charge in [-0.1, -0.05) is 30.3 Å². The van der Waals surface area contributed by atoms with E-state index >= 15 is 0 Å². The van der Waals surface area contributed by atoms with Gasteiger partial charge in [0.15, 0.2) is 17.6 Å². The van der Waals surface area contributed by atoms with E-state index in [9.17, 15) is 9.59 Å². The maximum absolute atomic E-state index is 12.2. The van der Waals surface area contributed by atoms with Gasteiger partial charge in [0.1, 0.15) is 0 Å². The first-order valence-electron chi connectivity index (χ1n) is 7.79. The molecule has 0 aliphatic rings. The Morgan fingerprint density at radius 2 is 1.68 bits per heavy atom. The molecule has 0 aliphatic heterocycles. The number of methoxy groups -OCH3 is 2. The fourth-order valence-corrected chi connectivity index (χ4v) is 2.17. The molecular formula is C19H21NO5. The molecule has 1 atom stereocenters. The van der Waals surface area contributed by atoms with Gasteiger partial charge in [-0.15, -0.1) is 0 Å². The lowest BCUT2D eigenvalue weighted by Gasteiger charge is -2.14. The van der Waals surface area contributed by atoms with Crippen molar-refractivity contribution < 1.29 is 23.8 Å². The molecule has 6 heteroatoms. The van der Waals surface area contributed by atoms with E-state index < -0.39 is 12.1 Å². The van der Waals surface area contributed by atoms with Gasteiger partial charge >= 0.3 is 5.97 Å². The van der Waals surface area contributed by atoms with Crippen LogP contribution < -0.4 is 14.8 Å². The molecule has 0 aromatic heterocycles. The predicted octanol–water partition coefficient (Wildman–Crippen LogP) is 2.57. The Balaban J connectivity index is 1.93. The van der Waals surface area contributed by atoms with Gasteiger partial charge in [0.05, 0.1) is 19.8 Å². The minimum Gasteiger partial charge on any atom is -0.493 e. The summed E-state index contributed by atoms with van der Waals surface area (Å²) in [6.45, 7) is 1.90. The molecule has 2 aromatic carbocycles. The summed E-state index contributed by atoms with van der Waals surface area (Å²) in [5, 5.41) is 2.74. The molecule has 0 aliphatic carbocycles. The molecule has 0 bridgehead atoms. The molecule has 0 unspecified atom stereocenters. The molecule has 0 fully saturated rings. The Kier molecular flexibility index (Phi) is 6.39. The zero-order chi connectivity index (χ0) is 18.2. The highest BCUT2D eigenvalue weighted by atomic mass is 16.5. The summed E-state index contributed by atoms with van der Waals surface area (Å²) in [7, 11) is 2.99. The van der Waals surface area contributed by atoms with Crippen molar-refractivity contribution in [1.82, 2.24) is 5.32 Å². The molecule has 0 heterocycles. The fourth-order valence-electron chi connectivity index (χ4n) is 2.17. The number of carbonyl (C=O) groups is 2. The lowest BCUT2D eigenvalue weighted by molar-refractivity contribution is -0.129. The van der Waals surface area contributed by atoms with Crippen molar-refractivity contribution in [2.24, 2.45) is 0 Å². The summed E-state index contributed by atoms with van der Waals surface area (Å²) >= 11 is 0. The molecule has 2 rings (SSSR count). The van der Waals surface area contributed by atoms with E-state index in [1.807, 2.05) is 30.3 Å². The summed E-state index contributed by atoms with van der Waals surface area (Å²) in [4.78, 5) is 24.3. The normalized spacial score (nSPS) is 11.3. The van der Waals surface area contributed by atoms with Crippen LogP contribution in [0, 0.1) is 0 Å². The number of carbonyl (C=O) groups excluding carboxylic acids is 2. The Hall–Kier alpha value is -3.02. The van der Waals surface area contributed by atoms with E-state index in [2.05, 4.69) is 5.32 Å². The van der Waals surface area contributed by atoms with E-state index in [1.165, 1.54) is 27.2 Å². The second-order valence-electron chi connectivity index (χ2n) is 5.32. The van der Waals surface area contributed by atoms with E-state index in [4.69, 9.17) is 14.2 Å². The van der Waals surface area contributed by atoms with Crippen LogP contribution in [0.2, 0.25) is 0 Å². The van der Waals surface area contributed by atoms with Gasteiger partial charge in [0.2, 0.25) is 0 Å². The summed E-state index contributed by atoms with van der Waals surface area (Å²) in [5.41, 5.74) is 1.25. The molecule has 1 amide bonds. The van der Waals surface area contributed by atoms with Crippen LogP contribution in [0.25, 0.3) is 0 Å². The van der Waals surface area contributed by atoms with Crippen molar-refractivity contribution in [3.8, 4) is 11.5 Å². The number of benzene rings is 2. The third-order valence-electron chi connectivity index (χ3n) is 3.58. The lowest BCUT2D eigenvalue weighted by atomic mass is 10.2. The Labute approximate surface area is 146 Å². The van der Waals surface area contributed by atoms with Gasteiger partial charge in [0.25, 0.3) is 5.91 Å². The molecule has 0 saturated heterocycles. The van der Waals surface area contributed by atoms with Crippen molar-refractivity contribution in [3.63, 3.8) is 0 Å². The zero-order valence-electron chi connectivity index (χ0n) is 14.4. The summed E-state index contributed by atoms with van der Waals surface area (Å²) in [6, 6.07) is 14.2. The summed E-state index contributed by atoms with van der Waals surface area (Å²) < 4.78 is 15.5. The van der Waals surface area contributed by atoms with E-state index in [-0.39, 0.29) is 11.5 Å². The first-order chi connectivity index (χ1) is 12.0. The number of rotatable bonds is 7. The average molecular weight is 343 g/mol. The van der Waals surface area contributed by atoms with E-state index in [1.54, 1.807) is 12.1 Å². The molecule has 6 nitrogen and oxygen atoms in total. The van der Waals surface area contributed by atoms with Crippen LogP contribution >= 0.6 is 0 Å². The van der Waals surface area contributed by atoms with Crippen molar-refractivity contribution in [3.05, 3.63) is 59.7 Å². The molecule has 132 valence electrons. The van der Waals surface area contributed by atoms with Crippen molar-refractivity contribution in [2.45, 2.75) is 19.6 Å². The van der Waals surface area contributed by atoms with Gasteiger partial charge < -0.3 is 19.5 Å². The molecule has 0 radical (unpaired) electrons. The molecule has 25 heavy (non-hydrogen) atoms. The molecule has 1 N–H and O–H groups in total. The highest BCUT2D eigenvalue weighted by molar-refractivity contribution is 5.92. The van der Waals surface area contributed by atoms with Gasteiger partial charge in [-0.2, -0.15) is 0 Å². The van der Waals surface area contributed by atoms with Crippen molar-refractivity contribution in [1.29, 1.82) is 0 Å². The Morgan fingerprint density at radius 1 is 1.00 bits per heavy atom. The zero-order valence-corrected chi connectivity index (χ0v) is 14.4. The first-order valence-corrected chi connectivity index (χ1v) is 7.79.